The monoisotopic (exact) mass is 362 g/mol. The standard InChI is InChI=1S/C20H27FN2O3/c1-19(2,3)26-18(25)23-10-8-20(9-11-23)12-17(24)22-13-16(20)14-4-6-15(21)7-5-14/h4-7,16H,8-13H2,1-3H3,(H,22,24). The second-order valence-corrected chi connectivity index (χ2v) is 8.41. The van der Waals surface area contributed by atoms with Gasteiger partial charge >= 0.3 is 6.09 Å². The highest BCUT2D eigenvalue weighted by Gasteiger charge is 2.47. The number of amides is 2. The third-order valence-electron chi connectivity index (χ3n) is 5.44. The number of likely N-dealkylation sites (tertiary alicyclic amines) is 1. The van der Waals surface area contributed by atoms with Gasteiger partial charge in [0.15, 0.2) is 0 Å². The quantitative estimate of drug-likeness (QED) is 0.832. The van der Waals surface area contributed by atoms with Crippen LogP contribution >= 0.6 is 0 Å². The summed E-state index contributed by atoms with van der Waals surface area (Å²) in [5.74, 6) is -0.0851. The number of ether oxygens (including phenoxy) is 1. The molecule has 1 aromatic carbocycles. The maximum absolute atomic E-state index is 13.3. The molecule has 26 heavy (non-hydrogen) atoms. The summed E-state index contributed by atoms with van der Waals surface area (Å²) >= 11 is 0. The van der Waals surface area contributed by atoms with Gasteiger partial charge in [-0.15, -0.1) is 0 Å². The molecule has 1 unspecified atom stereocenters. The third-order valence-corrected chi connectivity index (χ3v) is 5.44. The van der Waals surface area contributed by atoms with E-state index in [1.54, 1.807) is 17.0 Å². The van der Waals surface area contributed by atoms with E-state index in [0.717, 1.165) is 18.4 Å². The number of piperidine rings is 2. The van der Waals surface area contributed by atoms with Crippen molar-refractivity contribution in [3.63, 3.8) is 0 Å². The second kappa shape index (κ2) is 6.89. The van der Waals surface area contributed by atoms with Crippen LogP contribution in [0.3, 0.4) is 0 Å². The van der Waals surface area contributed by atoms with Gasteiger partial charge in [0.05, 0.1) is 0 Å². The number of nitrogens with one attached hydrogen (secondary N) is 1. The van der Waals surface area contributed by atoms with Crippen molar-refractivity contribution < 1.29 is 18.7 Å². The van der Waals surface area contributed by atoms with E-state index in [-0.39, 0.29) is 29.2 Å². The van der Waals surface area contributed by atoms with Gasteiger partial charge in [-0.05, 0) is 56.7 Å². The van der Waals surface area contributed by atoms with E-state index >= 15 is 0 Å². The highest BCUT2D eigenvalue weighted by atomic mass is 19.1. The Balaban J connectivity index is 1.75. The topological polar surface area (TPSA) is 58.6 Å². The van der Waals surface area contributed by atoms with E-state index in [1.807, 2.05) is 20.8 Å². The molecule has 1 aromatic rings. The Hall–Kier alpha value is -2.11. The Bertz CT molecular complexity index is 673. The molecule has 0 bridgehead atoms. The molecule has 2 aliphatic rings. The smallest absolute Gasteiger partial charge is 0.410 e. The first-order valence-electron chi connectivity index (χ1n) is 9.19. The summed E-state index contributed by atoms with van der Waals surface area (Å²) in [7, 11) is 0. The van der Waals surface area contributed by atoms with Crippen LogP contribution in [0.25, 0.3) is 0 Å². The summed E-state index contributed by atoms with van der Waals surface area (Å²) in [5.41, 5.74) is 0.323. The lowest BCUT2D eigenvalue weighted by Crippen LogP contribution is -2.53. The molecule has 2 fully saturated rings. The molecular weight excluding hydrogens is 335 g/mol. The number of hydrogen-bond acceptors (Lipinski definition) is 3. The summed E-state index contributed by atoms with van der Waals surface area (Å²) in [6.07, 6.45) is 1.62. The van der Waals surface area contributed by atoms with Gasteiger partial charge in [0.1, 0.15) is 11.4 Å². The number of nitrogens with zero attached hydrogens (tertiary/aromatic N) is 1. The van der Waals surface area contributed by atoms with Crippen molar-refractivity contribution in [2.24, 2.45) is 5.41 Å². The van der Waals surface area contributed by atoms with Gasteiger partial charge < -0.3 is 15.0 Å². The molecule has 2 saturated heterocycles. The number of benzene rings is 1. The summed E-state index contributed by atoms with van der Waals surface area (Å²) in [6.45, 7) is 7.25. The summed E-state index contributed by atoms with van der Waals surface area (Å²) < 4.78 is 18.8. The van der Waals surface area contributed by atoms with Crippen LogP contribution in [0.5, 0.6) is 0 Å². The zero-order valence-corrected chi connectivity index (χ0v) is 15.7. The molecule has 2 amide bonds. The molecule has 1 atom stereocenters. The van der Waals surface area contributed by atoms with E-state index in [9.17, 15) is 14.0 Å². The van der Waals surface area contributed by atoms with E-state index < -0.39 is 5.60 Å². The van der Waals surface area contributed by atoms with Crippen LogP contribution in [0.1, 0.15) is 51.5 Å². The molecule has 0 aliphatic carbocycles. The van der Waals surface area contributed by atoms with Gasteiger partial charge in [0.2, 0.25) is 5.91 Å². The Labute approximate surface area is 153 Å². The fourth-order valence-corrected chi connectivity index (χ4v) is 4.09. The third kappa shape index (κ3) is 4.00. The van der Waals surface area contributed by atoms with Crippen LogP contribution in [0.15, 0.2) is 24.3 Å². The molecular formula is C20H27FN2O3. The van der Waals surface area contributed by atoms with Gasteiger partial charge in [-0.1, -0.05) is 12.1 Å². The molecule has 5 nitrogen and oxygen atoms in total. The van der Waals surface area contributed by atoms with E-state index in [0.29, 0.717) is 26.1 Å². The van der Waals surface area contributed by atoms with E-state index in [4.69, 9.17) is 4.74 Å². The number of carbonyl (C=O) groups is 2. The number of halogens is 1. The van der Waals surface area contributed by atoms with Gasteiger partial charge in [0, 0.05) is 32.0 Å². The summed E-state index contributed by atoms with van der Waals surface area (Å²) in [4.78, 5) is 26.1. The molecule has 0 radical (unpaired) electrons. The van der Waals surface area contributed by atoms with Crippen LogP contribution in [0.2, 0.25) is 0 Å². The Kier molecular flexibility index (Phi) is 4.95. The zero-order valence-electron chi connectivity index (χ0n) is 15.7. The molecule has 1 spiro atoms. The minimum Gasteiger partial charge on any atom is -0.444 e. The van der Waals surface area contributed by atoms with Crippen molar-refractivity contribution >= 4 is 12.0 Å². The van der Waals surface area contributed by atoms with Crippen molar-refractivity contribution in [3.05, 3.63) is 35.6 Å². The predicted molar refractivity (Wildman–Crippen MR) is 96.2 cm³/mol. The van der Waals surface area contributed by atoms with Crippen LogP contribution in [-0.2, 0) is 9.53 Å². The summed E-state index contributed by atoms with van der Waals surface area (Å²) in [5, 5.41) is 2.94. The largest absolute Gasteiger partial charge is 0.444 e. The lowest BCUT2D eigenvalue weighted by Gasteiger charge is -2.49. The van der Waals surface area contributed by atoms with E-state index in [2.05, 4.69) is 5.32 Å². The van der Waals surface area contributed by atoms with Gasteiger partial charge in [-0.2, -0.15) is 0 Å². The number of hydrogen-bond donors (Lipinski definition) is 1. The first-order chi connectivity index (χ1) is 12.2. The Morgan fingerprint density at radius 1 is 1.23 bits per heavy atom. The predicted octanol–water partition coefficient (Wildman–Crippen LogP) is 3.45. The van der Waals surface area contributed by atoms with Crippen molar-refractivity contribution in [3.8, 4) is 0 Å². The van der Waals surface area contributed by atoms with Crippen molar-refractivity contribution in [1.29, 1.82) is 0 Å². The highest BCUT2D eigenvalue weighted by molar-refractivity contribution is 5.78. The minimum atomic E-state index is -0.520. The van der Waals surface area contributed by atoms with Crippen molar-refractivity contribution in [1.82, 2.24) is 10.2 Å². The first kappa shape index (κ1) is 18.7. The van der Waals surface area contributed by atoms with Crippen LogP contribution in [0.4, 0.5) is 9.18 Å². The molecule has 6 heteroatoms. The molecule has 2 heterocycles. The second-order valence-electron chi connectivity index (χ2n) is 8.41. The fraction of sp³-hybridized carbons (Fsp3) is 0.600. The molecule has 2 aliphatic heterocycles. The normalized spacial score (nSPS) is 22.8. The number of carbonyl (C=O) groups excluding carboxylic acids is 2. The SMILES string of the molecule is CC(C)(C)OC(=O)N1CCC2(CC1)CC(=O)NCC2c1ccc(F)cc1. The maximum Gasteiger partial charge on any atom is 0.410 e. The van der Waals surface area contributed by atoms with Crippen LogP contribution < -0.4 is 5.32 Å². The van der Waals surface area contributed by atoms with Gasteiger partial charge in [-0.25, -0.2) is 9.18 Å². The molecule has 1 N–H and O–H groups in total. The molecule has 0 aromatic heterocycles. The number of rotatable bonds is 1. The molecule has 3 rings (SSSR count). The Morgan fingerprint density at radius 3 is 2.42 bits per heavy atom. The average Bonchev–Trinajstić information content (AvgIpc) is 2.55. The van der Waals surface area contributed by atoms with Crippen LogP contribution in [0, 0.1) is 11.2 Å². The minimum absolute atomic E-state index is 0.0501. The van der Waals surface area contributed by atoms with E-state index in [1.165, 1.54) is 12.1 Å². The first-order valence-corrected chi connectivity index (χ1v) is 9.19. The average molecular weight is 362 g/mol. The van der Waals surface area contributed by atoms with Gasteiger partial charge in [0.25, 0.3) is 0 Å². The van der Waals surface area contributed by atoms with Crippen LogP contribution in [-0.4, -0.2) is 42.1 Å². The lowest BCUT2D eigenvalue weighted by atomic mass is 9.62. The lowest BCUT2D eigenvalue weighted by molar-refractivity contribution is -0.128. The maximum atomic E-state index is 13.3. The van der Waals surface area contributed by atoms with Crippen molar-refractivity contribution in [2.75, 3.05) is 19.6 Å². The fourth-order valence-electron chi connectivity index (χ4n) is 4.09. The highest BCUT2D eigenvalue weighted by Crippen LogP contribution is 2.48. The molecule has 0 saturated carbocycles. The molecule has 142 valence electrons. The van der Waals surface area contributed by atoms with Gasteiger partial charge in [-0.3, -0.25) is 4.79 Å². The summed E-state index contributed by atoms with van der Waals surface area (Å²) in [6, 6.07) is 6.55. The Morgan fingerprint density at radius 2 is 1.85 bits per heavy atom. The zero-order chi connectivity index (χ0) is 18.9. The van der Waals surface area contributed by atoms with Crippen molar-refractivity contribution in [2.45, 2.75) is 51.6 Å².